The summed E-state index contributed by atoms with van der Waals surface area (Å²) in [5.41, 5.74) is 0.238. The van der Waals surface area contributed by atoms with E-state index in [2.05, 4.69) is 4.98 Å². The molecule has 1 heterocycles. The standard InChI is InChI=1S/C15H8F3NO3S/c16-10-7-12(18)14(8-11(10)17)23(20,21)22-13-5-1-3-9-4-2-6-19-15(9)13/h1-8H. The van der Waals surface area contributed by atoms with Gasteiger partial charge in [-0.1, -0.05) is 18.2 Å². The number of para-hydroxylation sites is 1. The van der Waals surface area contributed by atoms with Gasteiger partial charge in [-0.2, -0.15) is 8.42 Å². The Labute approximate surface area is 129 Å². The van der Waals surface area contributed by atoms with Crippen LogP contribution in [0, 0.1) is 17.5 Å². The van der Waals surface area contributed by atoms with Gasteiger partial charge in [0.1, 0.15) is 16.2 Å². The van der Waals surface area contributed by atoms with Crippen molar-refractivity contribution in [3.8, 4) is 5.75 Å². The van der Waals surface area contributed by atoms with Crippen molar-refractivity contribution in [2.75, 3.05) is 0 Å². The molecule has 8 heteroatoms. The lowest BCUT2D eigenvalue weighted by Crippen LogP contribution is -2.13. The molecule has 0 radical (unpaired) electrons. The third-order valence-corrected chi connectivity index (χ3v) is 4.29. The number of fused-ring (bicyclic) bond motifs is 1. The maximum atomic E-state index is 13.7. The summed E-state index contributed by atoms with van der Waals surface area (Å²) in [6.07, 6.45) is 1.43. The Morgan fingerprint density at radius 1 is 0.913 bits per heavy atom. The zero-order valence-electron chi connectivity index (χ0n) is 11.3. The predicted octanol–water partition coefficient (Wildman–Crippen LogP) is 3.42. The Morgan fingerprint density at radius 3 is 2.39 bits per heavy atom. The van der Waals surface area contributed by atoms with Gasteiger partial charge in [-0.3, -0.25) is 4.98 Å². The molecule has 118 valence electrons. The van der Waals surface area contributed by atoms with Crippen molar-refractivity contribution in [3.63, 3.8) is 0 Å². The molecule has 0 aliphatic rings. The Hall–Kier alpha value is -2.61. The summed E-state index contributed by atoms with van der Waals surface area (Å²) < 4.78 is 68.9. The van der Waals surface area contributed by atoms with Crippen LogP contribution in [0.2, 0.25) is 0 Å². The molecular formula is C15H8F3NO3S. The number of pyridine rings is 1. The Bertz CT molecular complexity index is 1000. The number of benzene rings is 2. The lowest BCUT2D eigenvalue weighted by atomic mass is 10.2. The summed E-state index contributed by atoms with van der Waals surface area (Å²) in [7, 11) is -4.70. The second-order valence-electron chi connectivity index (χ2n) is 4.57. The Kier molecular flexibility index (Phi) is 3.69. The third-order valence-electron chi connectivity index (χ3n) is 3.04. The molecule has 23 heavy (non-hydrogen) atoms. The van der Waals surface area contributed by atoms with Gasteiger partial charge in [0.15, 0.2) is 17.4 Å². The summed E-state index contributed by atoms with van der Waals surface area (Å²) in [6.45, 7) is 0. The first kappa shape index (κ1) is 15.3. The molecule has 3 aromatic rings. The molecule has 0 saturated heterocycles. The largest absolute Gasteiger partial charge is 0.377 e. The summed E-state index contributed by atoms with van der Waals surface area (Å²) in [4.78, 5) is 2.90. The van der Waals surface area contributed by atoms with Gasteiger partial charge in [0.05, 0.1) is 0 Å². The highest BCUT2D eigenvalue weighted by atomic mass is 32.2. The van der Waals surface area contributed by atoms with Crippen LogP contribution in [0.3, 0.4) is 0 Å². The number of hydrogen-bond donors (Lipinski definition) is 0. The van der Waals surface area contributed by atoms with E-state index in [0.717, 1.165) is 0 Å². The van der Waals surface area contributed by atoms with Crippen LogP contribution in [0.15, 0.2) is 53.6 Å². The Balaban J connectivity index is 2.09. The zero-order valence-corrected chi connectivity index (χ0v) is 12.1. The number of rotatable bonds is 3. The van der Waals surface area contributed by atoms with Crippen LogP contribution >= 0.6 is 0 Å². The topological polar surface area (TPSA) is 56.3 Å². The quantitative estimate of drug-likeness (QED) is 0.542. The molecule has 2 aromatic carbocycles. The van der Waals surface area contributed by atoms with Crippen molar-refractivity contribution in [3.05, 3.63) is 66.1 Å². The molecule has 1 aromatic heterocycles. The van der Waals surface area contributed by atoms with E-state index in [9.17, 15) is 21.6 Å². The fraction of sp³-hybridized carbons (Fsp3) is 0. The molecule has 4 nitrogen and oxygen atoms in total. The first-order chi connectivity index (χ1) is 10.9. The van der Waals surface area contributed by atoms with Crippen LogP contribution in [0.4, 0.5) is 13.2 Å². The second-order valence-corrected chi connectivity index (χ2v) is 6.08. The van der Waals surface area contributed by atoms with Crippen LogP contribution in [0.5, 0.6) is 5.75 Å². The molecule has 0 aliphatic carbocycles. The van der Waals surface area contributed by atoms with Crippen LogP contribution in [-0.4, -0.2) is 13.4 Å². The van der Waals surface area contributed by atoms with Crippen LogP contribution in [0.25, 0.3) is 10.9 Å². The summed E-state index contributed by atoms with van der Waals surface area (Å²) >= 11 is 0. The highest BCUT2D eigenvalue weighted by molar-refractivity contribution is 7.87. The lowest BCUT2D eigenvalue weighted by molar-refractivity contribution is 0.461. The van der Waals surface area contributed by atoms with E-state index in [4.69, 9.17) is 4.18 Å². The monoisotopic (exact) mass is 339 g/mol. The molecule has 0 spiro atoms. The highest BCUT2D eigenvalue weighted by Crippen LogP contribution is 2.28. The fourth-order valence-electron chi connectivity index (χ4n) is 2.00. The second kappa shape index (κ2) is 5.54. The average molecular weight is 339 g/mol. The lowest BCUT2D eigenvalue weighted by Gasteiger charge is -2.10. The van der Waals surface area contributed by atoms with E-state index in [1.54, 1.807) is 18.2 Å². The van der Waals surface area contributed by atoms with Gasteiger partial charge in [0.25, 0.3) is 0 Å². The predicted molar refractivity (Wildman–Crippen MR) is 75.9 cm³/mol. The maximum Gasteiger partial charge on any atom is 0.342 e. The molecule has 0 unspecified atom stereocenters. The van der Waals surface area contributed by atoms with Crippen molar-refractivity contribution < 1.29 is 25.8 Å². The van der Waals surface area contributed by atoms with Crippen molar-refractivity contribution in [1.29, 1.82) is 0 Å². The number of halogens is 3. The SMILES string of the molecule is O=S(=O)(Oc1cccc2cccnc12)c1cc(F)c(F)cc1F. The normalized spacial score (nSPS) is 11.6. The minimum Gasteiger partial charge on any atom is -0.377 e. The number of aromatic nitrogens is 1. The van der Waals surface area contributed by atoms with Gasteiger partial charge < -0.3 is 4.18 Å². The van der Waals surface area contributed by atoms with E-state index in [1.165, 1.54) is 18.3 Å². The first-order valence-electron chi connectivity index (χ1n) is 6.31. The molecule has 0 amide bonds. The molecule has 0 N–H and O–H groups in total. The Morgan fingerprint density at radius 2 is 1.61 bits per heavy atom. The molecule has 3 rings (SSSR count). The molecule has 0 saturated carbocycles. The van der Waals surface area contributed by atoms with E-state index in [-0.39, 0.29) is 23.4 Å². The molecular weight excluding hydrogens is 331 g/mol. The average Bonchev–Trinajstić information content (AvgIpc) is 2.51. The van der Waals surface area contributed by atoms with Gasteiger partial charge in [-0.05, 0) is 12.1 Å². The van der Waals surface area contributed by atoms with Gasteiger partial charge in [0, 0.05) is 23.7 Å². The summed E-state index contributed by atoms with van der Waals surface area (Å²) in [5.74, 6) is -4.58. The van der Waals surface area contributed by atoms with E-state index in [1.807, 2.05) is 0 Å². The minimum absolute atomic E-state index is 0.146. The fourth-order valence-corrected chi connectivity index (χ4v) is 3.01. The third kappa shape index (κ3) is 2.85. The number of hydrogen-bond acceptors (Lipinski definition) is 4. The maximum absolute atomic E-state index is 13.7. The van der Waals surface area contributed by atoms with Crippen molar-refractivity contribution in [2.45, 2.75) is 4.90 Å². The minimum atomic E-state index is -4.70. The van der Waals surface area contributed by atoms with E-state index < -0.39 is 32.5 Å². The first-order valence-corrected chi connectivity index (χ1v) is 7.72. The summed E-state index contributed by atoms with van der Waals surface area (Å²) in [5, 5.41) is 0.603. The van der Waals surface area contributed by atoms with Crippen molar-refractivity contribution in [2.24, 2.45) is 0 Å². The molecule has 0 aliphatic heterocycles. The van der Waals surface area contributed by atoms with Gasteiger partial charge >= 0.3 is 10.1 Å². The summed E-state index contributed by atoms with van der Waals surface area (Å²) in [6, 6.07) is 8.24. The number of nitrogens with zero attached hydrogens (tertiary/aromatic N) is 1. The van der Waals surface area contributed by atoms with E-state index >= 15 is 0 Å². The van der Waals surface area contributed by atoms with Crippen LogP contribution in [-0.2, 0) is 10.1 Å². The van der Waals surface area contributed by atoms with Gasteiger partial charge in [-0.25, -0.2) is 13.2 Å². The van der Waals surface area contributed by atoms with Crippen LogP contribution in [0.1, 0.15) is 0 Å². The molecule has 0 atom stereocenters. The van der Waals surface area contributed by atoms with Gasteiger partial charge in [0.2, 0.25) is 0 Å². The smallest absolute Gasteiger partial charge is 0.342 e. The van der Waals surface area contributed by atoms with Crippen LogP contribution < -0.4 is 4.18 Å². The van der Waals surface area contributed by atoms with Crippen molar-refractivity contribution in [1.82, 2.24) is 4.98 Å². The van der Waals surface area contributed by atoms with E-state index in [0.29, 0.717) is 5.39 Å². The van der Waals surface area contributed by atoms with Crippen molar-refractivity contribution >= 4 is 21.0 Å². The highest BCUT2D eigenvalue weighted by Gasteiger charge is 2.25. The zero-order chi connectivity index (χ0) is 16.6. The molecule has 0 fully saturated rings. The molecule has 0 bridgehead atoms. The van der Waals surface area contributed by atoms with Gasteiger partial charge in [-0.15, -0.1) is 0 Å².